The van der Waals surface area contributed by atoms with Crippen molar-refractivity contribution >= 4 is 35.4 Å². The normalized spacial score (nSPS) is 16.6. The lowest BCUT2D eigenvalue weighted by molar-refractivity contribution is -0.138. The highest BCUT2D eigenvalue weighted by Crippen LogP contribution is 2.48. The number of alkyl halides is 3. The number of carbonyl (C=O) groups excluding carboxylic acids is 1. The minimum absolute atomic E-state index is 0.140. The number of aromatic nitrogens is 3. The van der Waals surface area contributed by atoms with Crippen LogP contribution in [0.25, 0.3) is 11.0 Å². The van der Waals surface area contributed by atoms with Crippen LogP contribution in [0, 0.1) is 20.8 Å². The van der Waals surface area contributed by atoms with Gasteiger partial charge in [0.05, 0.1) is 22.7 Å². The highest BCUT2D eigenvalue weighted by molar-refractivity contribution is 7.71. The zero-order chi connectivity index (χ0) is 29.6. The number of hydrogen-bond acceptors (Lipinski definition) is 7. The fourth-order valence-corrected chi connectivity index (χ4v) is 7.85. The molecule has 4 rings (SSSR count). The number of anilines is 1. The lowest BCUT2D eigenvalue weighted by Gasteiger charge is -2.34. The smallest absolute Gasteiger partial charge is 0.416 e. The SMILES string of the molecule is Cc1nc(N[C@H](C)c2cccc(C(F)(F)F)c2C)c2cc(P3(=O)CCN(C(=O)OC(C)(C)C)CC3)c(C)nc2n1. The van der Waals surface area contributed by atoms with E-state index in [-0.39, 0.29) is 17.9 Å². The van der Waals surface area contributed by atoms with Gasteiger partial charge in [0.25, 0.3) is 0 Å². The molecule has 1 saturated heterocycles. The monoisotopic (exact) mass is 577 g/mol. The van der Waals surface area contributed by atoms with Crippen LogP contribution in [0.1, 0.15) is 61.9 Å². The fourth-order valence-electron chi connectivity index (χ4n) is 5.01. The van der Waals surface area contributed by atoms with E-state index in [0.29, 0.717) is 52.3 Å². The van der Waals surface area contributed by atoms with Gasteiger partial charge in [-0.1, -0.05) is 12.1 Å². The van der Waals surface area contributed by atoms with E-state index >= 15 is 0 Å². The Hall–Kier alpha value is -3.20. The zero-order valence-corrected chi connectivity index (χ0v) is 24.7. The highest BCUT2D eigenvalue weighted by atomic mass is 31.2. The molecule has 0 unspecified atom stereocenters. The molecule has 8 nitrogen and oxygen atoms in total. The van der Waals surface area contributed by atoms with Crippen LogP contribution in [0.4, 0.5) is 23.8 Å². The van der Waals surface area contributed by atoms with Gasteiger partial charge in [0, 0.05) is 30.7 Å². The number of hydrogen-bond donors (Lipinski definition) is 1. The van der Waals surface area contributed by atoms with Crippen molar-refractivity contribution in [3.8, 4) is 0 Å². The number of nitrogens with one attached hydrogen (secondary N) is 1. The molecule has 1 aliphatic heterocycles. The van der Waals surface area contributed by atoms with Crippen molar-refractivity contribution in [3.63, 3.8) is 0 Å². The lowest BCUT2D eigenvalue weighted by Crippen LogP contribution is -2.44. The zero-order valence-electron chi connectivity index (χ0n) is 23.8. The summed E-state index contributed by atoms with van der Waals surface area (Å²) < 4.78 is 60.2. The molecule has 0 saturated carbocycles. The van der Waals surface area contributed by atoms with Crippen molar-refractivity contribution in [3.05, 3.63) is 52.5 Å². The summed E-state index contributed by atoms with van der Waals surface area (Å²) in [5.41, 5.74) is 0.318. The largest absolute Gasteiger partial charge is 0.444 e. The van der Waals surface area contributed by atoms with E-state index in [2.05, 4.69) is 20.3 Å². The van der Waals surface area contributed by atoms with Gasteiger partial charge < -0.3 is 19.5 Å². The van der Waals surface area contributed by atoms with Gasteiger partial charge >= 0.3 is 12.3 Å². The van der Waals surface area contributed by atoms with Crippen LogP contribution in [-0.2, 0) is 15.5 Å². The van der Waals surface area contributed by atoms with Crippen LogP contribution >= 0.6 is 7.14 Å². The second-order valence-corrected chi connectivity index (χ2v) is 14.4. The Kier molecular flexibility index (Phi) is 7.93. The van der Waals surface area contributed by atoms with Crippen molar-refractivity contribution in [1.29, 1.82) is 0 Å². The number of amides is 1. The summed E-state index contributed by atoms with van der Waals surface area (Å²) in [5, 5.41) is 4.38. The Balaban J connectivity index is 1.66. The molecule has 0 aliphatic carbocycles. The molecule has 3 heterocycles. The maximum absolute atomic E-state index is 14.2. The Bertz CT molecular complexity index is 1490. The number of ether oxygens (including phenoxy) is 1. The summed E-state index contributed by atoms with van der Waals surface area (Å²) >= 11 is 0. The summed E-state index contributed by atoms with van der Waals surface area (Å²) in [6.45, 7) is 12.7. The van der Waals surface area contributed by atoms with Crippen LogP contribution in [0.3, 0.4) is 0 Å². The van der Waals surface area contributed by atoms with Gasteiger partial charge in [-0.05, 0) is 71.7 Å². The van der Waals surface area contributed by atoms with Gasteiger partial charge in [-0.25, -0.2) is 19.7 Å². The number of benzene rings is 1. The first kappa shape index (κ1) is 29.8. The number of fused-ring (bicyclic) bond motifs is 1. The topological polar surface area (TPSA) is 97.3 Å². The average Bonchev–Trinajstić information content (AvgIpc) is 2.82. The molecule has 3 aromatic rings. The Morgan fingerprint density at radius 2 is 1.73 bits per heavy atom. The first-order valence-corrected chi connectivity index (χ1v) is 15.2. The molecule has 1 fully saturated rings. The fraction of sp³-hybridized carbons (Fsp3) is 0.500. The Labute approximate surface area is 232 Å². The maximum Gasteiger partial charge on any atom is 0.416 e. The van der Waals surface area contributed by atoms with Crippen LogP contribution in [0.5, 0.6) is 0 Å². The first-order valence-electron chi connectivity index (χ1n) is 13.1. The third-order valence-electron chi connectivity index (χ3n) is 7.02. The Morgan fingerprint density at radius 3 is 2.33 bits per heavy atom. The second kappa shape index (κ2) is 10.7. The van der Waals surface area contributed by atoms with Gasteiger partial charge in [0.1, 0.15) is 24.4 Å². The number of halogens is 3. The predicted molar refractivity (Wildman–Crippen MR) is 150 cm³/mol. The average molecular weight is 578 g/mol. The van der Waals surface area contributed by atoms with Gasteiger partial charge in [-0.15, -0.1) is 0 Å². The molecule has 0 radical (unpaired) electrons. The first-order chi connectivity index (χ1) is 18.5. The van der Waals surface area contributed by atoms with Crippen molar-refractivity contribution in [2.45, 2.75) is 66.3 Å². The summed E-state index contributed by atoms with van der Waals surface area (Å²) in [4.78, 5) is 27.7. The maximum atomic E-state index is 14.2. The molecular weight excluding hydrogens is 542 g/mol. The van der Waals surface area contributed by atoms with Crippen LogP contribution < -0.4 is 10.6 Å². The molecule has 1 atom stereocenters. The summed E-state index contributed by atoms with van der Waals surface area (Å²) in [5.74, 6) is 0.847. The third-order valence-corrected chi connectivity index (χ3v) is 10.2. The van der Waals surface area contributed by atoms with Crippen LogP contribution in [-0.4, -0.2) is 57.0 Å². The van der Waals surface area contributed by atoms with Crippen molar-refractivity contribution in [1.82, 2.24) is 19.9 Å². The summed E-state index contributed by atoms with van der Waals surface area (Å²) in [6, 6.07) is 5.39. The van der Waals surface area contributed by atoms with Crippen LogP contribution in [0.2, 0.25) is 0 Å². The second-order valence-electron chi connectivity index (χ2n) is 11.3. The summed E-state index contributed by atoms with van der Waals surface area (Å²) in [6.07, 6.45) is -4.31. The molecule has 216 valence electrons. The lowest BCUT2D eigenvalue weighted by atomic mass is 9.97. The van der Waals surface area contributed by atoms with E-state index in [9.17, 15) is 22.5 Å². The molecule has 0 bridgehead atoms. The third kappa shape index (κ3) is 6.24. The van der Waals surface area contributed by atoms with Crippen molar-refractivity contribution in [2.24, 2.45) is 0 Å². The molecule has 1 aromatic carbocycles. The molecule has 2 aromatic heterocycles. The quantitative estimate of drug-likeness (QED) is 0.360. The summed E-state index contributed by atoms with van der Waals surface area (Å²) in [7, 11) is -2.91. The molecule has 0 spiro atoms. The van der Waals surface area contributed by atoms with Gasteiger partial charge in [-0.2, -0.15) is 13.2 Å². The van der Waals surface area contributed by atoms with Gasteiger partial charge in [0.15, 0.2) is 5.65 Å². The van der Waals surface area contributed by atoms with E-state index < -0.39 is 36.6 Å². The van der Waals surface area contributed by atoms with E-state index in [4.69, 9.17) is 4.74 Å². The van der Waals surface area contributed by atoms with Crippen LogP contribution in [0.15, 0.2) is 24.3 Å². The highest BCUT2D eigenvalue weighted by Gasteiger charge is 2.36. The molecular formula is C28H35F3N5O3P. The van der Waals surface area contributed by atoms with E-state index in [1.807, 2.05) is 0 Å². The molecule has 1 aliphatic rings. The van der Waals surface area contributed by atoms with Gasteiger partial charge in [-0.3, -0.25) is 0 Å². The standard InChI is InChI=1S/C28H35F3N5O3P/c1-16-20(9-8-10-22(16)28(29,30)31)17(2)32-24-21-15-23(18(3)33-25(21)35-19(4)34-24)40(38)13-11-36(12-14-40)26(37)39-27(5,6)7/h8-10,15,17H,11-14H2,1-7H3,(H,32,33,34,35)/t17-/m1/s1. The molecule has 1 N–H and O–H groups in total. The van der Waals surface area contributed by atoms with E-state index in [1.165, 1.54) is 13.0 Å². The number of pyridine rings is 1. The van der Waals surface area contributed by atoms with E-state index in [1.54, 1.807) is 58.6 Å². The minimum atomic E-state index is -4.46. The minimum Gasteiger partial charge on any atom is -0.444 e. The van der Waals surface area contributed by atoms with Crippen molar-refractivity contribution in [2.75, 3.05) is 30.7 Å². The predicted octanol–water partition coefficient (Wildman–Crippen LogP) is 6.38. The molecule has 1 amide bonds. The number of carbonyl (C=O) groups is 1. The molecule has 12 heteroatoms. The van der Waals surface area contributed by atoms with Crippen molar-refractivity contribution < 1.29 is 27.3 Å². The van der Waals surface area contributed by atoms with Gasteiger partial charge in [0.2, 0.25) is 0 Å². The number of rotatable bonds is 4. The number of nitrogens with zero attached hydrogens (tertiary/aromatic N) is 4. The number of aryl methyl sites for hydroxylation is 2. The Morgan fingerprint density at radius 1 is 1.07 bits per heavy atom. The molecule has 40 heavy (non-hydrogen) atoms. The van der Waals surface area contributed by atoms with E-state index in [0.717, 1.165) is 6.07 Å².